The van der Waals surface area contributed by atoms with Crippen molar-refractivity contribution < 1.29 is 4.79 Å². The Morgan fingerprint density at radius 2 is 1.95 bits per heavy atom. The Morgan fingerprint density at radius 1 is 1.30 bits per heavy atom. The summed E-state index contributed by atoms with van der Waals surface area (Å²) in [6.45, 7) is 1.86. The molecule has 0 aliphatic heterocycles. The number of hydrogen-bond acceptors (Lipinski definition) is 4. The number of carbonyl (C=O) groups is 1. The van der Waals surface area contributed by atoms with E-state index in [2.05, 4.69) is 10.4 Å². The maximum atomic E-state index is 12.6. The summed E-state index contributed by atoms with van der Waals surface area (Å²) in [6.07, 6.45) is 7.21. The van der Waals surface area contributed by atoms with Gasteiger partial charge in [0.1, 0.15) is 5.82 Å². The van der Waals surface area contributed by atoms with Gasteiger partial charge in [-0.1, -0.05) is 25.7 Å². The van der Waals surface area contributed by atoms with Crippen molar-refractivity contribution in [1.82, 2.24) is 9.88 Å². The zero-order chi connectivity index (χ0) is 14.5. The fourth-order valence-electron chi connectivity index (χ4n) is 2.88. The Labute approximate surface area is 120 Å². The first-order chi connectivity index (χ1) is 9.61. The van der Waals surface area contributed by atoms with Crippen LogP contribution in [-0.4, -0.2) is 28.9 Å². The zero-order valence-corrected chi connectivity index (χ0v) is 12.4. The average molecular weight is 276 g/mol. The summed E-state index contributed by atoms with van der Waals surface area (Å²) >= 11 is 0. The lowest BCUT2D eigenvalue weighted by atomic mass is 10.1. The van der Waals surface area contributed by atoms with E-state index in [0.29, 0.717) is 17.4 Å². The normalized spacial score (nSPS) is 16.6. The molecule has 1 aliphatic rings. The van der Waals surface area contributed by atoms with Crippen LogP contribution < -0.4 is 11.3 Å². The number of amides is 1. The van der Waals surface area contributed by atoms with E-state index in [9.17, 15) is 4.79 Å². The summed E-state index contributed by atoms with van der Waals surface area (Å²) < 4.78 is 0. The van der Waals surface area contributed by atoms with Crippen LogP contribution in [0.1, 0.15) is 54.6 Å². The summed E-state index contributed by atoms with van der Waals surface area (Å²) in [5.74, 6) is 5.97. The Hall–Kier alpha value is -1.62. The van der Waals surface area contributed by atoms with Gasteiger partial charge in [0.25, 0.3) is 5.91 Å². The lowest BCUT2D eigenvalue weighted by Crippen LogP contribution is -2.36. The minimum Gasteiger partial charge on any atom is -0.339 e. The molecule has 0 saturated heterocycles. The van der Waals surface area contributed by atoms with E-state index in [-0.39, 0.29) is 5.91 Å². The molecule has 0 bridgehead atoms. The molecule has 1 fully saturated rings. The number of nitrogens with one attached hydrogen (secondary N) is 1. The molecule has 1 heterocycles. The number of hydrazine groups is 1. The smallest absolute Gasteiger partial charge is 0.254 e. The lowest BCUT2D eigenvalue weighted by molar-refractivity contribution is 0.0717. The average Bonchev–Trinajstić information content (AvgIpc) is 2.74. The summed E-state index contributed by atoms with van der Waals surface area (Å²) in [4.78, 5) is 18.7. The zero-order valence-electron chi connectivity index (χ0n) is 12.4. The van der Waals surface area contributed by atoms with E-state index in [0.717, 1.165) is 18.5 Å². The van der Waals surface area contributed by atoms with Gasteiger partial charge in [-0.05, 0) is 31.9 Å². The molecule has 2 rings (SSSR count). The molecule has 0 aromatic carbocycles. The molecule has 1 aliphatic carbocycles. The lowest BCUT2D eigenvalue weighted by Gasteiger charge is -2.27. The van der Waals surface area contributed by atoms with E-state index >= 15 is 0 Å². The van der Waals surface area contributed by atoms with Gasteiger partial charge in [0.05, 0.1) is 0 Å². The summed E-state index contributed by atoms with van der Waals surface area (Å²) in [7, 11) is 1.91. The molecule has 0 atom stereocenters. The van der Waals surface area contributed by atoms with Gasteiger partial charge in [0, 0.05) is 24.3 Å². The van der Waals surface area contributed by atoms with Crippen molar-refractivity contribution in [1.29, 1.82) is 0 Å². The maximum absolute atomic E-state index is 12.6. The van der Waals surface area contributed by atoms with Gasteiger partial charge < -0.3 is 10.3 Å². The van der Waals surface area contributed by atoms with Crippen LogP contribution in [0, 0.1) is 6.92 Å². The molecule has 3 N–H and O–H groups in total. The molecular weight excluding hydrogens is 252 g/mol. The van der Waals surface area contributed by atoms with Crippen LogP contribution in [0.4, 0.5) is 5.82 Å². The highest BCUT2D eigenvalue weighted by atomic mass is 16.2. The van der Waals surface area contributed by atoms with Crippen LogP contribution in [0.2, 0.25) is 0 Å². The first-order valence-corrected chi connectivity index (χ1v) is 7.34. The van der Waals surface area contributed by atoms with E-state index < -0.39 is 0 Å². The fourth-order valence-corrected chi connectivity index (χ4v) is 2.88. The van der Waals surface area contributed by atoms with Crippen LogP contribution in [-0.2, 0) is 0 Å². The van der Waals surface area contributed by atoms with E-state index in [1.807, 2.05) is 24.9 Å². The largest absolute Gasteiger partial charge is 0.339 e. The number of anilines is 1. The number of rotatable bonds is 3. The van der Waals surface area contributed by atoms with Crippen LogP contribution in [0.3, 0.4) is 0 Å². The van der Waals surface area contributed by atoms with Gasteiger partial charge in [-0.3, -0.25) is 4.79 Å². The minimum absolute atomic E-state index is 0.0545. The van der Waals surface area contributed by atoms with Crippen LogP contribution in [0.25, 0.3) is 0 Å². The minimum atomic E-state index is 0.0545. The second-order valence-electron chi connectivity index (χ2n) is 5.59. The highest BCUT2D eigenvalue weighted by Gasteiger charge is 2.22. The molecule has 1 aromatic rings. The third kappa shape index (κ3) is 3.48. The van der Waals surface area contributed by atoms with Crippen molar-refractivity contribution in [3.8, 4) is 0 Å². The summed E-state index contributed by atoms with van der Waals surface area (Å²) in [5, 5.41) is 0. The number of aryl methyl sites for hydroxylation is 1. The van der Waals surface area contributed by atoms with Crippen molar-refractivity contribution in [3.05, 3.63) is 23.4 Å². The van der Waals surface area contributed by atoms with Crippen LogP contribution >= 0.6 is 0 Å². The molecule has 0 unspecified atom stereocenters. The second-order valence-corrected chi connectivity index (χ2v) is 5.59. The molecule has 110 valence electrons. The van der Waals surface area contributed by atoms with Gasteiger partial charge >= 0.3 is 0 Å². The van der Waals surface area contributed by atoms with Crippen molar-refractivity contribution in [2.24, 2.45) is 5.84 Å². The number of nitrogen functional groups attached to an aromatic ring is 1. The number of hydrogen-bond donors (Lipinski definition) is 2. The SMILES string of the molecule is Cc1cc(C(=O)N(C)C2CCCCCC2)cc(NN)n1. The first-order valence-electron chi connectivity index (χ1n) is 7.34. The number of nitrogens with two attached hydrogens (primary N) is 1. The molecule has 1 amide bonds. The van der Waals surface area contributed by atoms with Gasteiger partial charge in [0.2, 0.25) is 0 Å². The van der Waals surface area contributed by atoms with Gasteiger partial charge in [-0.25, -0.2) is 10.8 Å². The molecular formula is C15H24N4O. The molecule has 0 radical (unpaired) electrons. The predicted molar refractivity (Wildman–Crippen MR) is 80.4 cm³/mol. The maximum Gasteiger partial charge on any atom is 0.254 e. The van der Waals surface area contributed by atoms with Gasteiger partial charge in [-0.15, -0.1) is 0 Å². The Bertz CT molecular complexity index is 467. The highest BCUT2D eigenvalue weighted by Crippen LogP contribution is 2.22. The number of pyridine rings is 1. The molecule has 5 nitrogen and oxygen atoms in total. The molecule has 1 saturated carbocycles. The van der Waals surface area contributed by atoms with E-state index in [1.54, 1.807) is 6.07 Å². The Morgan fingerprint density at radius 3 is 2.55 bits per heavy atom. The number of nitrogens with zero attached hydrogens (tertiary/aromatic N) is 2. The standard InChI is InChI=1S/C15H24N4O/c1-11-9-12(10-14(17-11)18-16)15(20)19(2)13-7-5-3-4-6-8-13/h9-10,13H,3-8,16H2,1-2H3,(H,17,18). The quantitative estimate of drug-likeness (QED) is 0.505. The summed E-state index contributed by atoms with van der Waals surface area (Å²) in [5.41, 5.74) is 3.95. The number of aromatic nitrogens is 1. The van der Waals surface area contributed by atoms with Crippen LogP contribution in [0.15, 0.2) is 12.1 Å². The van der Waals surface area contributed by atoms with Crippen molar-refractivity contribution in [3.63, 3.8) is 0 Å². The number of carbonyl (C=O) groups excluding carboxylic acids is 1. The highest BCUT2D eigenvalue weighted by molar-refractivity contribution is 5.95. The molecule has 0 spiro atoms. The third-order valence-corrected chi connectivity index (χ3v) is 4.04. The van der Waals surface area contributed by atoms with E-state index in [4.69, 9.17) is 5.84 Å². The molecule has 1 aromatic heterocycles. The fraction of sp³-hybridized carbons (Fsp3) is 0.600. The molecule has 5 heteroatoms. The first kappa shape index (κ1) is 14.8. The predicted octanol–water partition coefficient (Wildman–Crippen LogP) is 2.47. The Balaban J connectivity index is 2.14. The second kappa shape index (κ2) is 6.70. The van der Waals surface area contributed by atoms with Crippen molar-refractivity contribution in [2.45, 2.75) is 51.5 Å². The van der Waals surface area contributed by atoms with Crippen molar-refractivity contribution in [2.75, 3.05) is 12.5 Å². The monoisotopic (exact) mass is 276 g/mol. The van der Waals surface area contributed by atoms with E-state index in [1.165, 1.54) is 25.7 Å². The van der Waals surface area contributed by atoms with Gasteiger partial charge in [-0.2, -0.15) is 0 Å². The summed E-state index contributed by atoms with van der Waals surface area (Å²) in [6, 6.07) is 3.88. The molecule has 20 heavy (non-hydrogen) atoms. The third-order valence-electron chi connectivity index (χ3n) is 4.04. The van der Waals surface area contributed by atoms with Gasteiger partial charge in [0.15, 0.2) is 0 Å². The van der Waals surface area contributed by atoms with Crippen LogP contribution in [0.5, 0.6) is 0 Å². The topological polar surface area (TPSA) is 71.2 Å². The Kier molecular flexibility index (Phi) is 4.95. The van der Waals surface area contributed by atoms with Crippen molar-refractivity contribution >= 4 is 11.7 Å².